The molecule has 0 rings (SSSR count). The summed E-state index contributed by atoms with van der Waals surface area (Å²) < 4.78 is 21.2. The second-order valence-electron chi connectivity index (χ2n) is 1.74. The topological polar surface area (TPSA) is 34.1 Å². The van der Waals surface area contributed by atoms with Crippen molar-refractivity contribution in [2.24, 2.45) is 0 Å². The fourth-order valence-electron chi connectivity index (χ4n) is 0.455. The van der Waals surface area contributed by atoms with Gasteiger partial charge in [-0.3, -0.25) is 0 Å². The van der Waals surface area contributed by atoms with Crippen LogP contribution in [0.15, 0.2) is 0 Å². The molecule has 0 aromatic carbocycles. The van der Waals surface area contributed by atoms with Gasteiger partial charge in [-0.15, -0.1) is 0 Å². The number of hydrogen-bond acceptors (Lipinski definition) is 2. The Bertz CT molecular complexity index is 135. The third kappa shape index (κ3) is 3.02. The molecule has 0 spiro atoms. The molecule has 0 N–H and O–H groups in total. The second-order valence-corrected chi connectivity index (χ2v) is 4.21. The van der Waals surface area contributed by atoms with Crippen molar-refractivity contribution in [1.82, 2.24) is 0 Å². The molecule has 0 radical (unpaired) electrons. The molecule has 0 aromatic heterocycles. The molecule has 3 heteroatoms. The summed E-state index contributed by atoms with van der Waals surface area (Å²) in [6, 6.07) is 0. The molecule has 0 aliphatic heterocycles. The van der Waals surface area contributed by atoms with Gasteiger partial charge >= 0.3 is 0 Å². The van der Waals surface area contributed by atoms with Gasteiger partial charge in [0.15, 0.2) is 0 Å². The zero-order valence-corrected chi connectivity index (χ0v) is 6.16. The standard InChI is InChI=1S/C5H12O2S/c1-3-5-8(6,7)4-2/h3-5H2,1-2H3. The van der Waals surface area contributed by atoms with Crippen molar-refractivity contribution >= 4 is 9.84 Å². The lowest BCUT2D eigenvalue weighted by Gasteiger charge is -1.93. The summed E-state index contributed by atoms with van der Waals surface area (Å²) in [5.74, 6) is 0.615. The van der Waals surface area contributed by atoms with E-state index in [0.717, 1.165) is 6.42 Å². The first-order valence-corrected chi connectivity index (χ1v) is 4.65. The Labute approximate surface area is 50.8 Å². The molecule has 0 amide bonds. The lowest BCUT2D eigenvalue weighted by atomic mass is 10.6. The van der Waals surface area contributed by atoms with Gasteiger partial charge in [0, 0.05) is 11.5 Å². The molecular weight excluding hydrogens is 124 g/mol. The predicted octanol–water partition coefficient (Wildman–Crippen LogP) is 0.831. The number of hydrogen-bond donors (Lipinski definition) is 0. The highest BCUT2D eigenvalue weighted by atomic mass is 32.2. The van der Waals surface area contributed by atoms with Crippen LogP contribution in [0.5, 0.6) is 0 Å². The van der Waals surface area contributed by atoms with E-state index in [2.05, 4.69) is 0 Å². The van der Waals surface area contributed by atoms with Crippen molar-refractivity contribution < 1.29 is 8.42 Å². The fourth-order valence-corrected chi connectivity index (χ4v) is 1.37. The van der Waals surface area contributed by atoms with Gasteiger partial charge in [-0.05, 0) is 6.42 Å². The first-order valence-electron chi connectivity index (χ1n) is 2.82. The van der Waals surface area contributed by atoms with Crippen molar-refractivity contribution in [3.8, 4) is 0 Å². The maximum Gasteiger partial charge on any atom is 0.150 e. The molecule has 8 heavy (non-hydrogen) atoms. The fraction of sp³-hybridized carbons (Fsp3) is 1.00. The Balaban J connectivity index is 3.76. The minimum absolute atomic E-state index is 0.279. The van der Waals surface area contributed by atoms with Gasteiger partial charge in [0.1, 0.15) is 9.84 Å². The van der Waals surface area contributed by atoms with Crippen LogP contribution in [-0.4, -0.2) is 19.9 Å². The predicted molar refractivity (Wildman–Crippen MR) is 34.6 cm³/mol. The van der Waals surface area contributed by atoms with E-state index in [0.29, 0.717) is 5.75 Å². The van der Waals surface area contributed by atoms with E-state index in [4.69, 9.17) is 0 Å². The monoisotopic (exact) mass is 136 g/mol. The summed E-state index contributed by atoms with van der Waals surface area (Å²) in [6.07, 6.45) is 0.732. The Morgan fingerprint density at radius 2 is 1.75 bits per heavy atom. The summed E-state index contributed by atoms with van der Waals surface area (Å²) in [5, 5.41) is 0. The SMILES string of the molecule is CCCS(=O)(=O)CC. The van der Waals surface area contributed by atoms with E-state index in [9.17, 15) is 8.42 Å². The molecule has 0 bridgehead atoms. The Kier molecular flexibility index (Phi) is 3.05. The van der Waals surface area contributed by atoms with Gasteiger partial charge in [-0.1, -0.05) is 13.8 Å². The quantitative estimate of drug-likeness (QED) is 0.576. The summed E-state index contributed by atoms with van der Waals surface area (Å²) in [6.45, 7) is 3.54. The van der Waals surface area contributed by atoms with Gasteiger partial charge in [0.05, 0.1) is 0 Å². The Hall–Kier alpha value is -0.0500. The van der Waals surface area contributed by atoms with Crippen molar-refractivity contribution in [2.75, 3.05) is 11.5 Å². The maximum atomic E-state index is 10.6. The van der Waals surface area contributed by atoms with Crippen LogP contribution in [0.4, 0.5) is 0 Å². The lowest BCUT2D eigenvalue weighted by Crippen LogP contribution is -2.06. The second kappa shape index (κ2) is 3.07. The average molecular weight is 136 g/mol. The van der Waals surface area contributed by atoms with Crippen LogP contribution in [0, 0.1) is 0 Å². The van der Waals surface area contributed by atoms with E-state index < -0.39 is 9.84 Å². The van der Waals surface area contributed by atoms with E-state index in [-0.39, 0.29) is 5.75 Å². The molecule has 0 fully saturated rings. The summed E-state index contributed by atoms with van der Waals surface area (Å²) >= 11 is 0. The van der Waals surface area contributed by atoms with Crippen LogP contribution >= 0.6 is 0 Å². The van der Waals surface area contributed by atoms with Crippen molar-refractivity contribution in [2.45, 2.75) is 20.3 Å². The molecule has 0 heterocycles. The van der Waals surface area contributed by atoms with E-state index >= 15 is 0 Å². The number of sulfone groups is 1. The zero-order chi connectivity index (χ0) is 6.62. The summed E-state index contributed by atoms with van der Waals surface area (Å²) in [5.41, 5.74) is 0. The van der Waals surface area contributed by atoms with E-state index in [1.165, 1.54) is 0 Å². The highest BCUT2D eigenvalue weighted by Gasteiger charge is 2.02. The van der Waals surface area contributed by atoms with Gasteiger partial charge in [-0.2, -0.15) is 0 Å². The molecule has 0 atom stereocenters. The third-order valence-corrected chi connectivity index (χ3v) is 2.86. The minimum Gasteiger partial charge on any atom is -0.229 e. The molecule has 0 aromatic rings. The largest absolute Gasteiger partial charge is 0.229 e. The first kappa shape index (κ1) is 7.95. The summed E-state index contributed by atoms with van der Waals surface area (Å²) in [4.78, 5) is 0. The molecule has 0 unspecified atom stereocenters. The third-order valence-electron chi connectivity index (χ3n) is 0.955. The molecule has 2 nitrogen and oxygen atoms in total. The van der Waals surface area contributed by atoms with Gasteiger partial charge in [0.25, 0.3) is 0 Å². The Morgan fingerprint density at radius 3 is 1.88 bits per heavy atom. The van der Waals surface area contributed by atoms with Crippen LogP contribution in [-0.2, 0) is 9.84 Å². The molecule has 0 aliphatic carbocycles. The normalized spacial score (nSPS) is 11.8. The number of rotatable bonds is 3. The molecule has 0 aliphatic rings. The van der Waals surface area contributed by atoms with Crippen molar-refractivity contribution in [1.29, 1.82) is 0 Å². The van der Waals surface area contributed by atoms with Crippen LogP contribution in [0.2, 0.25) is 0 Å². The summed E-state index contributed by atoms with van der Waals surface area (Å²) in [7, 11) is -2.67. The van der Waals surface area contributed by atoms with Gasteiger partial charge < -0.3 is 0 Å². The maximum absolute atomic E-state index is 10.6. The first-order chi connectivity index (χ1) is 3.62. The van der Waals surface area contributed by atoms with Gasteiger partial charge in [-0.25, -0.2) is 8.42 Å². The van der Waals surface area contributed by atoms with Crippen molar-refractivity contribution in [3.63, 3.8) is 0 Å². The lowest BCUT2D eigenvalue weighted by molar-refractivity contribution is 0.596. The van der Waals surface area contributed by atoms with Crippen LogP contribution in [0.3, 0.4) is 0 Å². The van der Waals surface area contributed by atoms with Crippen LogP contribution < -0.4 is 0 Å². The van der Waals surface area contributed by atoms with Crippen LogP contribution in [0.25, 0.3) is 0 Å². The smallest absolute Gasteiger partial charge is 0.150 e. The molecule has 50 valence electrons. The molecule has 0 saturated heterocycles. The molecule has 0 saturated carbocycles. The Morgan fingerprint density at radius 1 is 1.25 bits per heavy atom. The zero-order valence-electron chi connectivity index (χ0n) is 5.35. The van der Waals surface area contributed by atoms with E-state index in [1.807, 2.05) is 6.92 Å². The van der Waals surface area contributed by atoms with Crippen molar-refractivity contribution in [3.05, 3.63) is 0 Å². The highest BCUT2D eigenvalue weighted by Crippen LogP contribution is 1.90. The molecular formula is C5H12O2S. The highest BCUT2D eigenvalue weighted by molar-refractivity contribution is 7.91. The minimum atomic E-state index is -2.67. The van der Waals surface area contributed by atoms with E-state index in [1.54, 1.807) is 6.92 Å². The van der Waals surface area contributed by atoms with Gasteiger partial charge in [0.2, 0.25) is 0 Å². The average Bonchev–Trinajstić information content (AvgIpc) is 1.67. The van der Waals surface area contributed by atoms with Crippen LogP contribution in [0.1, 0.15) is 20.3 Å².